The Labute approximate surface area is 234 Å². The zero-order valence-corrected chi connectivity index (χ0v) is 23.0. The summed E-state index contributed by atoms with van der Waals surface area (Å²) in [6, 6.07) is 13.5. The number of benzene rings is 2. The molecule has 210 valence electrons. The molecule has 1 unspecified atom stereocenters. The van der Waals surface area contributed by atoms with Crippen molar-refractivity contribution in [3.63, 3.8) is 0 Å². The first-order chi connectivity index (χ1) is 19.2. The monoisotopic (exact) mass is 586 g/mol. The number of aromatic nitrogens is 2. The normalized spacial score (nSPS) is 17.2. The first-order valence-corrected chi connectivity index (χ1v) is 15.4. The van der Waals surface area contributed by atoms with Crippen molar-refractivity contribution in [3.8, 4) is 5.75 Å². The second kappa shape index (κ2) is 11.4. The number of sulfone groups is 1. The number of halogens is 1. The minimum atomic E-state index is -3.65. The van der Waals surface area contributed by atoms with Gasteiger partial charge in [0.2, 0.25) is 11.7 Å². The van der Waals surface area contributed by atoms with Crippen molar-refractivity contribution in [1.82, 2.24) is 19.4 Å². The van der Waals surface area contributed by atoms with Gasteiger partial charge in [-0.2, -0.15) is 4.98 Å². The Kier molecular flexibility index (Phi) is 7.95. The first kappa shape index (κ1) is 27.8. The summed E-state index contributed by atoms with van der Waals surface area (Å²) in [7, 11) is -3.65. The average molecular weight is 587 g/mol. The second-order valence-electron chi connectivity index (χ2n) is 9.51. The van der Waals surface area contributed by atoms with Gasteiger partial charge in [0.25, 0.3) is 5.91 Å². The molecule has 1 aromatic heterocycles. The minimum Gasteiger partial charge on any atom is -0.501 e. The molecule has 40 heavy (non-hydrogen) atoms. The molecule has 3 heterocycles. The van der Waals surface area contributed by atoms with Gasteiger partial charge in [-0.15, -0.1) is 11.8 Å². The highest BCUT2D eigenvalue weighted by Crippen LogP contribution is 2.34. The molecule has 2 amide bonds. The van der Waals surface area contributed by atoms with Gasteiger partial charge in [-0.3, -0.25) is 14.4 Å². The van der Waals surface area contributed by atoms with Crippen LogP contribution in [0.15, 0.2) is 69.2 Å². The van der Waals surface area contributed by atoms with Gasteiger partial charge < -0.3 is 19.5 Å². The number of rotatable bonds is 8. The number of amides is 2. The van der Waals surface area contributed by atoms with Gasteiger partial charge >= 0.3 is 5.56 Å². The van der Waals surface area contributed by atoms with Gasteiger partial charge in [0.15, 0.2) is 15.5 Å². The molecule has 0 aliphatic carbocycles. The molecule has 2 aromatic carbocycles. The third-order valence-corrected chi connectivity index (χ3v) is 9.81. The zero-order chi connectivity index (χ0) is 28.4. The van der Waals surface area contributed by atoms with Gasteiger partial charge in [0, 0.05) is 31.1 Å². The van der Waals surface area contributed by atoms with Crippen molar-refractivity contribution in [2.75, 3.05) is 31.1 Å². The Hall–Kier alpha value is -3.71. The molecule has 13 heteroatoms. The number of aromatic hydroxyl groups is 1. The number of carbonyl (C=O) groups excluding carboxylic acids is 2. The average Bonchev–Trinajstić information content (AvgIpc) is 3.44. The van der Waals surface area contributed by atoms with E-state index in [9.17, 15) is 32.3 Å². The van der Waals surface area contributed by atoms with E-state index >= 15 is 0 Å². The lowest BCUT2D eigenvalue weighted by Gasteiger charge is -2.33. The van der Waals surface area contributed by atoms with Crippen LogP contribution in [0.3, 0.4) is 0 Å². The Balaban J connectivity index is 1.36. The molecule has 2 aliphatic rings. The molecule has 0 radical (unpaired) electrons. The summed E-state index contributed by atoms with van der Waals surface area (Å²) in [5.41, 5.74) is -1.26. The SMILES string of the molecule is O=C1c2c(O)c(=O)nc(C3CCCN3C(=O)CSc3ccccc3F)n2CCN1CCS(=O)(=O)c1ccccc1. The molecule has 0 bridgehead atoms. The molecule has 3 aromatic rings. The third-order valence-electron chi connectivity index (χ3n) is 7.06. The third kappa shape index (κ3) is 5.48. The topological polar surface area (TPSA) is 130 Å². The van der Waals surface area contributed by atoms with Crippen LogP contribution in [0.5, 0.6) is 5.75 Å². The summed E-state index contributed by atoms with van der Waals surface area (Å²) in [6.07, 6.45) is 1.14. The summed E-state index contributed by atoms with van der Waals surface area (Å²) >= 11 is 1.07. The van der Waals surface area contributed by atoms with Crippen LogP contribution in [0.2, 0.25) is 0 Å². The number of hydrogen-bond acceptors (Lipinski definition) is 8. The standard InChI is InChI=1S/C27H27FN4O6S2/c28-19-9-4-5-11-21(19)39-17-22(33)31-12-6-10-20(31)25-29-26(35)24(34)23-27(36)30(13-14-32(23)25)15-16-40(37,38)18-7-2-1-3-8-18/h1-5,7-9,11,20,34H,6,10,12-17H2. The Bertz CT molecular complexity index is 1610. The van der Waals surface area contributed by atoms with E-state index in [0.717, 1.165) is 11.8 Å². The highest BCUT2D eigenvalue weighted by molar-refractivity contribution is 8.00. The number of hydrogen-bond donors (Lipinski definition) is 1. The lowest BCUT2D eigenvalue weighted by atomic mass is 10.1. The van der Waals surface area contributed by atoms with Crippen LogP contribution in [-0.4, -0.2) is 75.8 Å². The van der Waals surface area contributed by atoms with E-state index in [1.54, 1.807) is 41.3 Å². The summed E-state index contributed by atoms with van der Waals surface area (Å²) in [5.74, 6) is -2.31. The maximum Gasteiger partial charge on any atom is 0.315 e. The van der Waals surface area contributed by atoms with E-state index in [-0.39, 0.29) is 53.5 Å². The van der Waals surface area contributed by atoms with Crippen LogP contribution < -0.4 is 5.56 Å². The van der Waals surface area contributed by atoms with Crippen LogP contribution in [-0.2, 0) is 21.2 Å². The maximum absolute atomic E-state index is 14.0. The predicted molar refractivity (Wildman–Crippen MR) is 145 cm³/mol. The zero-order valence-electron chi connectivity index (χ0n) is 21.4. The van der Waals surface area contributed by atoms with E-state index in [2.05, 4.69) is 4.98 Å². The van der Waals surface area contributed by atoms with E-state index in [4.69, 9.17) is 0 Å². The van der Waals surface area contributed by atoms with Crippen molar-refractivity contribution >= 4 is 33.4 Å². The smallest absolute Gasteiger partial charge is 0.315 e. The lowest BCUT2D eigenvalue weighted by Crippen LogP contribution is -2.46. The van der Waals surface area contributed by atoms with Gasteiger partial charge in [0.05, 0.1) is 22.4 Å². The Morgan fingerprint density at radius 2 is 1.77 bits per heavy atom. The molecule has 1 N–H and O–H groups in total. The minimum absolute atomic E-state index is 0.0186. The van der Waals surface area contributed by atoms with Gasteiger partial charge in [-0.25, -0.2) is 12.8 Å². The van der Waals surface area contributed by atoms with Gasteiger partial charge in [-0.05, 0) is 37.1 Å². The van der Waals surface area contributed by atoms with Crippen LogP contribution in [0.25, 0.3) is 0 Å². The molecule has 10 nitrogen and oxygen atoms in total. The van der Waals surface area contributed by atoms with E-state index in [0.29, 0.717) is 24.3 Å². The van der Waals surface area contributed by atoms with Crippen LogP contribution in [0.4, 0.5) is 4.39 Å². The fourth-order valence-corrected chi connectivity index (χ4v) is 7.13. The molecular formula is C27H27FN4O6S2. The summed E-state index contributed by atoms with van der Waals surface area (Å²) in [4.78, 5) is 46.6. The van der Waals surface area contributed by atoms with Crippen molar-refractivity contribution in [2.24, 2.45) is 0 Å². The molecule has 1 atom stereocenters. The molecule has 1 saturated heterocycles. The Morgan fingerprint density at radius 1 is 1.05 bits per heavy atom. The molecule has 2 aliphatic heterocycles. The first-order valence-electron chi connectivity index (χ1n) is 12.7. The van der Waals surface area contributed by atoms with Gasteiger partial charge in [0.1, 0.15) is 11.6 Å². The molecular weight excluding hydrogens is 559 g/mol. The van der Waals surface area contributed by atoms with E-state index in [1.165, 1.54) is 27.7 Å². The summed E-state index contributed by atoms with van der Waals surface area (Å²) < 4.78 is 40.9. The number of likely N-dealkylation sites (tertiary alicyclic amines) is 1. The van der Waals surface area contributed by atoms with Crippen molar-refractivity contribution in [2.45, 2.75) is 35.2 Å². The fourth-order valence-electron chi connectivity index (χ4n) is 5.04. The van der Waals surface area contributed by atoms with Crippen molar-refractivity contribution in [3.05, 3.63) is 82.3 Å². The van der Waals surface area contributed by atoms with Crippen molar-refractivity contribution in [1.29, 1.82) is 0 Å². The number of carbonyl (C=O) groups is 2. The largest absolute Gasteiger partial charge is 0.501 e. The van der Waals surface area contributed by atoms with Crippen LogP contribution in [0.1, 0.15) is 35.2 Å². The van der Waals surface area contributed by atoms with Crippen molar-refractivity contribution < 1.29 is 27.5 Å². The fraction of sp³-hybridized carbons (Fsp3) is 0.333. The highest BCUT2D eigenvalue weighted by Gasteiger charge is 2.38. The second-order valence-corrected chi connectivity index (χ2v) is 12.6. The molecule has 5 rings (SSSR count). The number of nitrogens with zero attached hydrogens (tertiary/aromatic N) is 4. The van der Waals surface area contributed by atoms with Crippen LogP contribution in [0, 0.1) is 5.82 Å². The van der Waals surface area contributed by atoms with E-state index < -0.39 is 38.9 Å². The summed E-state index contributed by atoms with van der Waals surface area (Å²) in [6.45, 7) is 0.579. The van der Waals surface area contributed by atoms with Gasteiger partial charge in [-0.1, -0.05) is 30.3 Å². The Morgan fingerprint density at radius 3 is 2.52 bits per heavy atom. The van der Waals surface area contributed by atoms with E-state index in [1.807, 2.05) is 0 Å². The quantitative estimate of drug-likeness (QED) is 0.399. The molecule has 1 fully saturated rings. The predicted octanol–water partition coefficient (Wildman–Crippen LogP) is 2.47. The molecule has 0 saturated carbocycles. The highest BCUT2D eigenvalue weighted by atomic mass is 32.2. The number of thioether (sulfide) groups is 1. The lowest BCUT2D eigenvalue weighted by molar-refractivity contribution is -0.129. The molecule has 0 spiro atoms. The number of fused-ring (bicyclic) bond motifs is 1. The summed E-state index contributed by atoms with van der Waals surface area (Å²) in [5, 5.41) is 10.5. The maximum atomic E-state index is 14.0. The van der Waals surface area contributed by atoms with Crippen LogP contribution >= 0.6 is 11.8 Å².